The van der Waals surface area contributed by atoms with E-state index in [9.17, 15) is 0 Å². The molecule has 0 aliphatic carbocycles. The van der Waals surface area contributed by atoms with Gasteiger partial charge in [-0.1, -0.05) is 13.8 Å². The van der Waals surface area contributed by atoms with Crippen LogP contribution in [0.2, 0.25) is 0 Å². The van der Waals surface area contributed by atoms with Gasteiger partial charge in [0, 0.05) is 25.7 Å². The summed E-state index contributed by atoms with van der Waals surface area (Å²) in [4.78, 5) is 8.85. The van der Waals surface area contributed by atoms with Gasteiger partial charge in [-0.15, -0.1) is 0 Å². The first-order valence-corrected chi connectivity index (χ1v) is 7.20. The largest absolute Gasteiger partial charge is 0.370 e. The van der Waals surface area contributed by atoms with Crippen LogP contribution < -0.4 is 16.0 Å². The Bertz CT molecular complexity index is 401. The van der Waals surface area contributed by atoms with Crippen LogP contribution in [0.5, 0.6) is 0 Å². The third kappa shape index (κ3) is 4.67. The summed E-state index contributed by atoms with van der Waals surface area (Å²) < 4.78 is 0. The lowest BCUT2D eigenvalue weighted by atomic mass is 10.1. The minimum Gasteiger partial charge on any atom is -0.370 e. The van der Waals surface area contributed by atoms with Gasteiger partial charge >= 0.3 is 0 Å². The molecule has 0 unspecified atom stereocenters. The second kappa shape index (κ2) is 6.70. The van der Waals surface area contributed by atoms with Crippen molar-refractivity contribution in [2.45, 2.75) is 39.7 Å². The Labute approximate surface area is 115 Å². The zero-order valence-electron chi connectivity index (χ0n) is 12.2. The topological polar surface area (TPSA) is 61.9 Å². The number of hydrogen-bond acceptors (Lipinski definition) is 5. The summed E-state index contributed by atoms with van der Waals surface area (Å²) in [6.07, 6.45) is 2.42. The molecule has 1 aliphatic heterocycles. The Morgan fingerprint density at radius 1 is 1.32 bits per heavy atom. The van der Waals surface area contributed by atoms with Gasteiger partial charge < -0.3 is 16.0 Å². The quantitative estimate of drug-likeness (QED) is 0.657. The van der Waals surface area contributed by atoms with E-state index in [-0.39, 0.29) is 0 Å². The molecule has 1 saturated heterocycles. The fraction of sp³-hybridized carbons (Fsp3) is 0.714. The van der Waals surface area contributed by atoms with Crippen LogP contribution in [-0.2, 0) is 0 Å². The van der Waals surface area contributed by atoms with Crippen LogP contribution in [0.15, 0.2) is 6.07 Å². The highest BCUT2D eigenvalue weighted by molar-refractivity contribution is 5.48. The molecule has 1 aromatic heterocycles. The van der Waals surface area contributed by atoms with Crippen LogP contribution in [0, 0.1) is 12.8 Å². The molecule has 2 rings (SSSR count). The number of nitrogens with one attached hydrogen (secondary N) is 3. The Morgan fingerprint density at radius 2 is 2.05 bits per heavy atom. The summed E-state index contributed by atoms with van der Waals surface area (Å²) in [5.41, 5.74) is 0. The van der Waals surface area contributed by atoms with Gasteiger partial charge in [0.2, 0.25) is 0 Å². The maximum absolute atomic E-state index is 4.42. The maximum Gasteiger partial charge on any atom is 0.132 e. The molecule has 3 N–H and O–H groups in total. The summed E-state index contributed by atoms with van der Waals surface area (Å²) in [5, 5.41) is 10.0. The summed E-state index contributed by atoms with van der Waals surface area (Å²) in [5.74, 6) is 3.41. The van der Waals surface area contributed by atoms with E-state index in [1.807, 2.05) is 13.0 Å². The van der Waals surface area contributed by atoms with Crippen LogP contribution in [-0.4, -0.2) is 35.6 Å². The van der Waals surface area contributed by atoms with E-state index in [1.54, 1.807) is 0 Å². The zero-order chi connectivity index (χ0) is 13.7. The summed E-state index contributed by atoms with van der Waals surface area (Å²) in [6, 6.07) is 2.50. The lowest BCUT2D eigenvalue weighted by Crippen LogP contribution is -2.51. The lowest BCUT2D eigenvalue weighted by molar-refractivity contribution is 0.471. The molecule has 1 aliphatic rings. The predicted octanol–water partition coefficient (Wildman–Crippen LogP) is 2.02. The van der Waals surface area contributed by atoms with Crippen molar-refractivity contribution in [3.63, 3.8) is 0 Å². The molecule has 0 spiro atoms. The minimum absolute atomic E-state index is 0.503. The van der Waals surface area contributed by atoms with Crippen molar-refractivity contribution in [1.29, 1.82) is 0 Å². The Hall–Kier alpha value is -1.36. The molecule has 1 fully saturated rings. The monoisotopic (exact) mass is 263 g/mol. The van der Waals surface area contributed by atoms with Crippen LogP contribution in [0.25, 0.3) is 0 Å². The average Bonchev–Trinajstić information content (AvgIpc) is 2.29. The first kappa shape index (κ1) is 14.1. The molecule has 106 valence electrons. The molecular formula is C14H25N5. The van der Waals surface area contributed by atoms with Crippen molar-refractivity contribution < 1.29 is 0 Å². The van der Waals surface area contributed by atoms with Gasteiger partial charge in [0.1, 0.15) is 17.5 Å². The van der Waals surface area contributed by atoms with Crippen molar-refractivity contribution in [3.05, 3.63) is 11.9 Å². The van der Waals surface area contributed by atoms with Crippen molar-refractivity contribution in [3.8, 4) is 0 Å². The van der Waals surface area contributed by atoms with Crippen molar-refractivity contribution in [1.82, 2.24) is 15.3 Å². The average molecular weight is 263 g/mol. The summed E-state index contributed by atoms with van der Waals surface area (Å²) in [7, 11) is 0. The second-order valence-electron chi connectivity index (χ2n) is 5.65. The SMILES string of the molecule is Cc1nc(NCCCC(C)C)cc(NC2CNC2)n1. The van der Waals surface area contributed by atoms with E-state index in [0.717, 1.165) is 43.0 Å². The molecule has 0 radical (unpaired) electrons. The molecule has 5 heteroatoms. The molecule has 19 heavy (non-hydrogen) atoms. The van der Waals surface area contributed by atoms with E-state index in [0.29, 0.717) is 6.04 Å². The minimum atomic E-state index is 0.503. The van der Waals surface area contributed by atoms with Gasteiger partial charge in [0.15, 0.2) is 0 Å². The first-order chi connectivity index (χ1) is 9.13. The number of anilines is 2. The standard InChI is InChI=1S/C14H25N5/c1-10(2)5-4-6-16-13-7-14(18-11(3)17-13)19-12-8-15-9-12/h7,10,12,15H,4-6,8-9H2,1-3H3,(H2,16,17,18,19). The highest BCUT2D eigenvalue weighted by Gasteiger charge is 2.16. The maximum atomic E-state index is 4.42. The highest BCUT2D eigenvalue weighted by atomic mass is 15.1. The van der Waals surface area contributed by atoms with Gasteiger partial charge in [-0.3, -0.25) is 0 Å². The normalized spacial score (nSPS) is 15.4. The van der Waals surface area contributed by atoms with Crippen LogP contribution in [0.1, 0.15) is 32.5 Å². The third-order valence-corrected chi connectivity index (χ3v) is 3.24. The van der Waals surface area contributed by atoms with Crippen LogP contribution in [0.3, 0.4) is 0 Å². The number of nitrogens with zero attached hydrogens (tertiary/aromatic N) is 2. The first-order valence-electron chi connectivity index (χ1n) is 7.20. The van der Waals surface area contributed by atoms with Crippen molar-refractivity contribution >= 4 is 11.6 Å². The Balaban J connectivity index is 1.84. The fourth-order valence-corrected chi connectivity index (χ4v) is 2.06. The third-order valence-electron chi connectivity index (χ3n) is 3.24. The highest BCUT2D eigenvalue weighted by Crippen LogP contribution is 2.13. The van der Waals surface area contributed by atoms with Gasteiger partial charge in [-0.25, -0.2) is 9.97 Å². The van der Waals surface area contributed by atoms with Crippen LogP contribution >= 0.6 is 0 Å². The van der Waals surface area contributed by atoms with E-state index in [4.69, 9.17) is 0 Å². The molecule has 0 atom stereocenters. The molecule has 0 saturated carbocycles. The summed E-state index contributed by atoms with van der Waals surface area (Å²) in [6.45, 7) is 9.44. The molecule has 0 bridgehead atoms. The van der Waals surface area contributed by atoms with Crippen molar-refractivity contribution in [2.75, 3.05) is 30.3 Å². The number of rotatable bonds is 7. The van der Waals surface area contributed by atoms with E-state index >= 15 is 0 Å². The molecular weight excluding hydrogens is 238 g/mol. The van der Waals surface area contributed by atoms with E-state index in [1.165, 1.54) is 12.8 Å². The predicted molar refractivity (Wildman–Crippen MR) is 79.6 cm³/mol. The van der Waals surface area contributed by atoms with Gasteiger partial charge in [0.25, 0.3) is 0 Å². The summed E-state index contributed by atoms with van der Waals surface area (Å²) >= 11 is 0. The van der Waals surface area contributed by atoms with Gasteiger partial charge in [-0.2, -0.15) is 0 Å². The molecule has 0 aromatic carbocycles. The Morgan fingerprint density at radius 3 is 2.68 bits per heavy atom. The van der Waals surface area contributed by atoms with E-state index in [2.05, 4.69) is 39.8 Å². The Kier molecular flexibility index (Phi) is 4.96. The smallest absolute Gasteiger partial charge is 0.132 e. The lowest BCUT2D eigenvalue weighted by Gasteiger charge is -2.28. The zero-order valence-corrected chi connectivity index (χ0v) is 12.2. The second-order valence-corrected chi connectivity index (χ2v) is 5.65. The van der Waals surface area contributed by atoms with Crippen LogP contribution in [0.4, 0.5) is 11.6 Å². The number of hydrogen-bond donors (Lipinski definition) is 3. The number of aromatic nitrogens is 2. The number of aryl methyl sites for hydroxylation is 1. The van der Waals surface area contributed by atoms with Gasteiger partial charge in [-0.05, 0) is 25.7 Å². The fourth-order valence-electron chi connectivity index (χ4n) is 2.06. The molecule has 2 heterocycles. The molecule has 0 amide bonds. The van der Waals surface area contributed by atoms with E-state index < -0.39 is 0 Å². The van der Waals surface area contributed by atoms with Crippen molar-refractivity contribution in [2.24, 2.45) is 5.92 Å². The molecule has 5 nitrogen and oxygen atoms in total. The molecule has 1 aromatic rings. The van der Waals surface area contributed by atoms with Gasteiger partial charge in [0.05, 0.1) is 6.04 Å².